The molecule has 0 unspecified atom stereocenters. The second kappa shape index (κ2) is 5.24. The molecule has 0 fully saturated rings. The van der Waals surface area contributed by atoms with Crippen molar-refractivity contribution in [3.8, 4) is 0 Å². The molecule has 0 bridgehead atoms. The number of nitrogens with one attached hydrogen (secondary N) is 1. The maximum absolute atomic E-state index is 11.6. The molecule has 0 atom stereocenters. The van der Waals surface area contributed by atoms with Crippen LogP contribution in [-0.2, 0) is 4.74 Å². The number of hydrogen-bond donors (Lipinski definition) is 2. The largest absolute Gasteiger partial charge is 0.462 e. The summed E-state index contributed by atoms with van der Waals surface area (Å²) in [6.07, 6.45) is 0.808. The summed E-state index contributed by atoms with van der Waals surface area (Å²) in [4.78, 5) is 11.6. The Labute approximate surface area is 89.4 Å². The molecule has 4 heteroatoms. The smallest absolute Gasteiger partial charge is 0.340 e. The van der Waals surface area contributed by atoms with Crippen LogP contribution in [0.4, 0.5) is 11.4 Å². The number of carbonyl (C=O) groups excluding carboxylic acids is 1. The minimum Gasteiger partial charge on any atom is -0.462 e. The van der Waals surface area contributed by atoms with E-state index in [0.29, 0.717) is 17.9 Å². The van der Waals surface area contributed by atoms with Crippen molar-refractivity contribution in [2.24, 2.45) is 0 Å². The highest BCUT2D eigenvalue weighted by Crippen LogP contribution is 2.19. The van der Waals surface area contributed by atoms with Gasteiger partial charge in [0.05, 0.1) is 12.2 Å². The lowest BCUT2D eigenvalue weighted by molar-refractivity contribution is 0.0506. The molecule has 0 saturated carbocycles. The maximum Gasteiger partial charge on any atom is 0.340 e. The highest BCUT2D eigenvalue weighted by molar-refractivity contribution is 5.96. The summed E-state index contributed by atoms with van der Waals surface area (Å²) in [5.41, 5.74) is 7.37. The molecule has 0 radical (unpaired) electrons. The molecule has 0 amide bonds. The summed E-state index contributed by atoms with van der Waals surface area (Å²) < 4.78 is 5.04. The van der Waals surface area contributed by atoms with Gasteiger partial charge in [0.15, 0.2) is 0 Å². The zero-order chi connectivity index (χ0) is 11.3. The van der Waals surface area contributed by atoms with E-state index in [4.69, 9.17) is 10.5 Å². The molecule has 0 spiro atoms. The van der Waals surface area contributed by atoms with Crippen molar-refractivity contribution in [1.29, 1.82) is 0 Å². The van der Waals surface area contributed by atoms with Gasteiger partial charge >= 0.3 is 5.97 Å². The van der Waals surface area contributed by atoms with Crippen LogP contribution in [0.2, 0.25) is 0 Å². The molecule has 0 aliphatic carbocycles. The third-order valence-corrected chi connectivity index (χ3v) is 1.97. The van der Waals surface area contributed by atoms with Gasteiger partial charge in [-0.25, -0.2) is 4.79 Å². The first kappa shape index (κ1) is 11.4. The molecular weight excluding hydrogens is 192 g/mol. The molecule has 1 aromatic rings. The van der Waals surface area contributed by atoms with Gasteiger partial charge in [-0.1, -0.05) is 6.92 Å². The average Bonchev–Trinajstić information content (AvgIpc) is 2.25. The molecule has 82 valence electrons. The van der Waals surface area contributed by atoms with Crippen LogP contribution in [0.15, 0.2) is 18.2 Å². The first-order chi connectivity index (χ1) is 7.19. The van der Waals surface area contributed by atoms with Gasteiger partial charge in [0.25, 0.3) is 0 Å². The van der Waals surface area contributed by atoms with Crippen molar-refractivity contribution in [1.82, 2.24) is 0 Å². The molecule has 3 N–H and O–H groups in total. The van der Waals surface area contributed by atoms with Crippen molar-refractivity contribution in [3.05, 3.63) is 23.8 Å². The Bertz CT molecular complexity index is 350. The van der Waals surface area contributed by atoms with Gasteiger partial charge in [-0.2, -0.15) is 0 Å². The topological polar surface area (TPSA) is 64.3 Å². The van der Waals surface area contributed by atoms with E-state index in [1.54, 1.807) is 25.2 Å². The molecule has 0 aromatic heterocycles. The highest BCUT2D eigenvalue weighted by atomic mass is 16.5. The van der Waals surface area contributed by atoms with E-state index in [0.717, 1.165) is 12.1 Å². The molecule has 4 nitrogen and oxygen atoms in total. The molecule has 0 aliphatic rings. The van der Waals surface area contributed by atoms with Crippen LogP contribution in [0.5, 0.6) is 0 Å². The Morgan fingerprint density at radius 2 is 2.27 bits per heavy atom. The van der Waals surface area contributed by atoms with Gasteiger partial charge in [-0.05, 0) is 24.6 Å². The molecule has 0 heterocycles. The van der Waals surface area contributed by atoms with Crippen LogP contribution >= 0.6 is 0 Å². The van der Waals surface area contributed by atoms with Crippen molar-refractivity contribution in [2.75, 3.05) is 24.7 Å². The van der Waals surface area contributed by atoms with Crippen LogP contribution in [0.1, 0.15) is 23.7 Å². The van der Waals surface area contributed by atoms with Crippen LogP contribution in [-0.4, -0.2) is 19.6 Å². The SMILES string of the molecule is CCCOC(=O)c1cc(N)ccc1NC. The quantitative estimate of drug-likeness (QED) is 0.585. The maximum atomic E-state index is 11.6. The number of nitrogens with two attached hydrogens (primary N) is 1. The third-order valence-electron chi connectivity index (χ3n) is 1.97. The summed E-state index contributed by atoms with van der Waals surface area (Å²) >= 11 is 0. The molecule has 0 aliphatic heterocycles. The number of carbonyl (C=O) groups is 1. The van der Waals surface area contributed by atoms with E-state index >= 15 is 0 Å². The Kier molecular flexibility index (Phi) is 3.97. The summed E-state index contributed by atoms with van der Waals surface area (Å²) in [5.74, 6) is -0.339. The Morgan fingerprint density at radius 1 is 1.53 bits per heavy atom. The van der Waals surface area contributed by atoms with Gasteiger partial charge < -0.3 is 15.8 Å². The standard InChI is InChI=1S/C11H16N2O2/c1-3-6-15-11(14)9-7-8(12)4-5-10(9)13-2/h4-5,7,13H,3,6,12H2,1-2H3. The van der Waals surface area contributed by atoms with Crippen LogP contribution in [0.3, 0.4) is 0 Å². The van der Waals surface area contributed by atoms with Crippen LogP contribution in [0, 0.1) is 0 Å². The number of benzene rings is 1. The predicted molar refractivity (Wildman–Crippen MR) is 61.0 cm³/mol. The Morgan fingerprint density at radius 3 is 2.87 bits per heavy atom. The number of hydrogen-bond acceptors (Lipinski definition) is 4. The number of nitrogen functional groups attached to an aromatic ring is 1. The molecular formula is C11H16N2O2. The minimum atomic E-state index is -0.339. The fourth-order valence-corrected chi connectivity index (χ4v) is 1.22. The molecule has 1 rings (SSSR count). The normalized spacial score (nSPS) is 9.73. The average molecular weight is 208 g/mol. The minimum absolute atomic E-state index is 0.339. The predicted octanol–water partition coefficient (Wildman–Crippen LogP) is 1.88. The van der Waals surface area contributed by atoms with Crippen LogP contribution in [0.25, 0.3) is 0 Å². The molecule has 1 aromatic carbocycles. The van der Waals surface area contributed by atoms with E-state index in [1.165, 1.54) is 0 Å². The van der Waals surface area contributed by atoms with E-state index in [9.17, 15) is 4.79 Å². The van der Waals surface area contributed by atoms with E-state index < -0.39 is 0 Å². The Balaban J connectivity index is 2.90. The zero-order valence-electron chi connectivity index (χ0n) is 9.04. The lowest BCUT2D eigenvalue weighted by atomic mass is 10.1. The van der Waals surface area contributed by atoms with Crippen LogP contribution < -0.4 is 11.1 Å². The summed E-state index contributed by atoms with van der Waals surface area (Å²) in [6, 6.07) is 5.12. The number of rotatable bonds is 4. The zero-order valence-corrected chi connectivity index (χ0v) is 9.04. The summed E-state index contributed by atoms with van der Waals surface area (Å²) in [5, 5.41) is 2.92. The number of anilines is 2. The lowest BCUT2D eigenvalue weighted by Gasteiger charge is -2.09. The molecule has 0 saturated heterocycles. The van der Waals surface area contributed by atoms with E-state index in [-0.39, 0.29) is 5.97 Å². The fourth-order valence-electron chi connectivity index (χ4n) is 1.22. The summed E-state index contributed by atoms with van der Waals surface area (Å²) in [7, 11) is 1.75. The highest BCUT2D eigenvalue weighted by Gasteiger charge is 2.11. The van der Waals surface area contributed by atoms with E-state index in [2.05, 4.69) is 5.32 Å². The van der Waals surface area contributed by atoms with Gasteiger partial charge in [-0.3, -0.25) is 0 Å². The second-order valence-corrected chi connectivity index (χ2v) is 3.19. The van der Waals surface area contributed by atoms with Crippen molar-refractivity contribution in [2.45, 2.75) is 13.3 Å². The van der Waals surface area contributed by atoms with Gasteiger partial charge in [-0.15, -0.1) is 0 Å². The monoisotopic (exact) mass is 208 g/mol. The van der Waals surface area contributed by atoms with Gasteiger partial charge in [0.1, 0.15) is 0 Å². The first-order valence-corrected chi connectivity index (χ1v) is 4.93. The Hall–Kier alpha value is -1.71. The van der Waals surface area contributed by atoms with Gasteiger partial charge in [0.2, 0.25) is 0 Å². The van der Waals surface area contributed by atoms with Crippen molar-refractivity contribution in [3.63, 3.8) is 0 Å². The van der Waals surface area contributed by atoms with Gasteiger partial charge in [0, 0.05) is 18.4 Å². The first-order valence-electron chi connectivity index (χ1n) is 4.93. The van der Waals surface area contributed by atoms with E-state index in [1.807, 2.05) is 6.92 Å². The summed E-state index contributed by atoms with van der Waals surface area (Å²) in [6.45, 7) is 2.38. The second-order valence-electron chi connectivity index (χ2n) is 3.19. The third kappa shape index (κ3) is 2.87. The molecule has 15 heavy (non-hydrogen) atoms. The van der Waals surface area contributed by atoms with Crippen molar-refractivity contribution < 1.29 is 9.53 Å². The fraction of sp³-hybridized carbons (Fsp3) is 0.364. The van der Waals surface area contributed by atoms with Crippen molar-refractivity contribution >= 4 is 17.3 Å². The number of esters is 1. The number of ether oxygens (including phenoxy) is 1. The lowest BCUT2D eigenvalue weighted by Crippen LogP contribution is -2.09.